The first-order valence-corrected chi connectivity index (χ1v) is 7.01. The van der Waals surface area contributed by atoms with Crippen LogP contribution in [-0.2, 0) is 4.74 Å². The summed E-state index contributed by atoms with van der Waals surface area (Å²) in [5, 5.41) is 13.6. The Bertz CT molecular complexity index is 569. The van der Waals surface area contributed by atoms with Gasteiger partial charge in [0, 0.05) is 24.2 Å². The van der Waals surface area contributed by atoms with Gasteiger partial charge in [-0.05, 0) is 24.8 Å². The van der Waals surface area contributed by atoms with Gasteiger partial charge in [0.15, 0.2) is 0 Å². The molecular formula is C15H20N2O5. The van der Waals surface area contributed by atoms with E-state index in [-0.39, 0.29) is 16.8 Å². The summed E-state index contributed by atoms with van der Waals surface area (Å²) < 4.78 is 4.54. The third-order valence-electron chi connectivity index (χ3n) is 3.06. The summed E-state index contributed by atoms with van der Waals surface area (Å²) in [4.78, 5) is 33.8. The number of nitro benzene ring substituents is 1. The molecule has 0 atom stereocenters. The zero-order chi connectivity index (χ0) is 16.7. The molecular weight excluding hydrogens is 288 g/mol. The number of benzene rings is 1. The zero-order valence-corrected chi connectivity index (χ0v) is 12.9. The van der Waals surface area contributed by atoms with Gasteiger partial charge in [-0.1, -0.05) is 13.8 Å². The first-order chi connectivity index (χ1) is 10.3. The van der Waals surface area contributed by atoms with Crippen LogP contribution in [0.25, 0.3) is 0 Å². The van der Waals surface area contributed by atoms with Gasteiger partial charge in [-0.2, -0.15) is 0 Å². The van der Waals surface area contributed by atoms with E-state index in [9.17, 15) is 19.7 Å². The fourth-order valence-corrected chi connectivity index (χ4v) is 1.90. The van der Waals surface area contributed by atoms with E-state index in [1.165, 1.54) is 13.2 Å². The van der Waals surface area contributed by atoms with E-state index in [1.807, 2.05) is 0 Å². The topological polar surface area (TPSA) is 98.5 Å². The van der Waals surface area contributed by atoms with Crippen LogP contribution in [0.4, 0.5) is 5.69 Å². The Kier molecular flexibility index (Phi) is 6.49. The van der Waals surface area contributed by atoms with Crippen LogP contribution in [0.5, 0.6) is 0 Å². The second kappa shape index (κ2) is 8.11. The highest BCUT2D eigenvalue weighted by Crippen LogP contribution is 2.18. The fraction of sp³-hybridized carbons (Fsp3) is 0.467. The molecule has 0 saturated heterocycles. The minimum atomic E-state index is -0.724. The number of nitro groups is 1. The first kappa shape index (κ1) is 17.6. The molecule has 1 aromatic carbocycles. The number of ether oxygens (including phenoxy) is 1. The second-order valence-electron chi connectivity index (χ2n) is 5.31. The standard InChI is InChI=1S/C15H20N2O5/c1-10(2)5-4-6-16-14(18)11-7-12(15(19)22-3)9-13(8-11)17(20)21/h7-10H,4-6H2,1-3H3,(H,16,18). The average molecular weight is 308 g/mol. The van der Waals surface area contributed by atoms with Crippen LogP contribution in [0, 0.1) is 16.0 Å². The van der Waals surface area contributed by atoms with E-state index in [4.69, 9.17) is 0 Å². The number of methoxy groups -OCH3 is 1. The Labute approximate surface area is 128 Å². The molecule has 7 heteroatoms. The van der Waals surface area contributed by atoms with Gasteiger partial charge in [0.05, 0.1) is 17.6 Å². The van der Waals surface area contributed by atoms with Crippen molar-refractivity contribution in [2.45, 2.75) is 26.7 Å². The van der Waals surface area contributed by atoms with Crippen LogP contribution in [0.15, 0.2) is 18.2 Å². The van der Waals surface area contributed by atoms with Crippen molar-refractivity contribution in [3.63, 3.8) is 0 Å². The van der Waals surface area contributed by atoms with Crippen molar-refractivity contribution in [1.29, 1.82) is 0 Å². The van der Waals surface area contributed by atoms with Crippen molar-refractivity contribution in [2.75, 3.05) is 13.7 Å². The Balaban J connectivity index is 2.88. The Morgan fingerprint density at radius 2 is 1.91 bits per heavy atom. The molecule has 0 unspecified atom stereocenters. The number of hydrogen-bond acceptors (Lipinski definition) is 5. The van der Waals surface area contributed by atoms with Crippen molar-refractivity contribution in [3.05, 3.63) is 39.4 Å². The molecule has 1 aromatic rings. The van der Waals surface area contributed by atoms with E-state index in [0.29, 0.717) is 12.5 Å². The highest BCUT2D eigenvalue weighted by molar-refractivity contribution is 5.98. The molecule has 0 radical (unpaired) electrons. The zero-order valence-electron chi connectivity index (χ0n) is 12.9. The van der Waals surface area contributed by atoms with Gasteiger partial charge in [0.2, 0.25) is 0 Å². The van der Waals surface area contributed by atoms with Gasteiger partial charge in [-0.15, -0.1) is 0 Å². The van der Waals surface area contributed by atoms with Crippen molar-refractivity contribution in [3.8, 4) is 0 Å². The number of esters is 1. The van der Waals surface area contributed by atoms with E-state index < -0.39 is 16.8 Å². The van der Waals surface area contributed by atoms with E-state index >= 15 is 0 Å². The smallest absolute Gasteiger partial charge is 0.338 e. The molecule has 0 aliphatic heterocycles. The lowest BCUT2D eigenvalue weighted by atomic mass is 10.1. The molecule has 1 rings (SSSR count). The molecule has 22 heavy (non-hydrogen) atoms. The molecule has 0 aliphatic carbocycles. The van der Waals surface area contributed by atoms with Crippen LogP contribution < -0.4 is 5.32 Å². The molecule has 0 heterocycles. The SMILES string of the molecule is COC(=O)c1cc(C(=O)NCCCC(C)C)cc([N+](=O)[O-])c1. The summed E-state index contributed by atoms with van der Waals surface area (Å²) >= 11 is 0. The maximum atomic E-state index is 12.0. The van der Waals surface area contributed by atoms with Crippen LogP contribution in [0.3, 0.4) is 0 Å². The largest absolute Gasteiger partial charge is 0.465 e. The van der Waals surface area contributed by atoms with Crippen LogP contribution in [-0.4, -0.2) is 30.5 Å². The van der Waals surface area contributed by atoms with Gasteiger partial charge in [0.25, 0.3) is 11.6 Å². The number of rotatable bonds is 7. The van der Waals surface area contributed by atoms with Crippen molar-refractivity contribution < 1.29 is 19.2 Å². The summed E-state index contributed by atoms with van der Waals surface area (Å²) in [6, 6.07) is 3.52. The molecule has 0 bridgehead atoms. The predicted octanol–water partition coefficient (Wildman–Crippen LogP) is 2.55. The van der Waals surface area contributed by atoms with Gasteiger partial charge < -0.3 is 10.1 Å². The molecule has 1 N–H and O–H groups in total. The lowest BCUT2D eigenvalue weighted by Gasteiger charge is -2.08. The van der Waals surface area contributed by atoms with E-state index in [0.717, 1.165) is 25.0 Å². The molecule has 0 saturated carbocycles. The molecule has 0 aliphatic rings. The molecule has 7 nitrogen and oxygen atoms in total. The summed E-state index contributed by atoms with van der Waals surface area (Å²) in [6.07, 6.45) is 1.80. The third-order valence-corrected chi connectivity index (χ3v) is 3.06. The number of non-ortho nitro benzene ring substituents is 1. The fourth-order valence-electron chi connectivity index (χ4n) is 1.90. The minimum Gasteiger partial charge on any atom is -0.465 e. The highest BCUT2D eigenvalue weighted by Gasteiger charge is 2.18. The van der Waals surface area contributed by atoms with Gasteiger partial charge in [0.1, 0.15) is 0 Å². The number of amides is 1. The van der Waals surface area contributed by atoms with Crippen molar-refractivity contribution in [1.82, 2.24) is 5.32 Å². The number of carbonyl (C=O) groups excluding carboxylic acids is 2. The van der Waals surface area contributed by atoms with E-state index in [2.05, 4.69) is 23.9 Å². The van der Waals surface area contributed by atoms with Crippen LogP contribution in [0.1, 0.15) is 47.4 Å². The molecule has 0 fully saturated rings. The maximum absolute atomic E-state index is 12.0. The normalized spacial score (nSPS) is 10.4. The van der Waals surface area contributed by atoms with Crippen molar-refractivity contribution >= 4 is 17.6 Å². The summed E-state index contributed by atoms with van der Waals surface area (Å²) in [5.74, 6) is -0.629. The molecule has 120 valence electrons. The first-order valence-electron chi connectivity index (χ1n) is 7.01. The Morgan fingerprint density at radius 3 is 2.45 bits per heavy atom. The number of nitrogens with zero attached hydrogens (tertiary/aromatic N) is 1. The number of nitrogens with one attached hydrogen (secondary N) is 1. The van der Waals surface area contributed by atoms with Crippen molar-refractivity contribution in [2.24, 2.45) is 5.92 Å². The summed E-state index contributed by atoms with van der Waals surface area (Å²) in [6.45, 7) is 4.66. The minimum absolute atomic E-state index is 0.0240. The third kappa shape index (κ3) is 5.16. The van der Waals surface area contributed by atoms with Crippen LogP contribution >= 0.6 is 0 Å². The van der Waals surface area contributed by atoms with Crippen LogP contribution in [0.2, 0.25) is 0 Å². The summed E-state index contributed by atoms with van der Waals surface area (Å²) in [7, 11) is 1.17. The second-order valence-corrected chi connectivity index (χ2v) is 5.31. The lowest BCUT2D eigenvalue weighted by molar-refractivity contribution is -0.384. The average Bonchev–Trinajstić information content (AvgIpc) is 2.49. The van der Waals surface area contributed by atoms with Gasteiger partial charge >= 0.3 is 5.97 Å². The number of carbonyl (C=O) groups is 2. The predicted molar refractivity (Wildman–Crippen MR) is 80.8 cm³/mol. The molecule has 0 aromatic heterocycles. The monoisotopic (exact) mass is 308 g/mol. The summed E-state index contributed by atoms with van der Waals surface area (Å²) in [5.41, 5.74) is -0.279. The quantitative estimate of drug-likeness (QED) is 0.361. The number of hydrogen-bond donors (Lipinski definition) is 1. The van der Waals surface area contributed by atoms with E-state index in [1.54, 1.807) is 0 Å². The lowest BCUT2D eigenvalue weighted by Crippen LogP contribution is -2.25. The Hall–Kier alpha value is -2.44. The maximum Gasteiger partial charge on any atom is 0.338 e. The van der Waals surface area contributed by atoms with Gasteiger partial charge in [-0.3, -0.25) is 14.9 Å². The highest BCUT2D eigenvalue weighted by atomic mass is 16.6. The van der Waals surface area contributed by atoms with Gasteiger partial charge in [-0.25, -0.2) is 4.79 Å². The molecule has 1 amide bonds. The Morgan fingerprint density at radius 1 is 1.27 bits per heavy atom. The molecule has 0 spiro atoms.